The molecule has 0 spiro atoms. The largest absolute Gasteiger partial charge is 0.539 e. The summed E-state index contributed by atoms with van der Waals surface area (Å²) >= 11 is 0. The van der Waals surface area contributed by atoms with E-state index in [1.54, 1.807) is 6.92 Å². The maximum Gasteiger partial charge on any atom is 0.341 e. The number of carbonyl (C=O) groups is 1. The highest BCUT2D eigenvalue weighted by atomic mass is 28.3. The van der Waals surface area contributed by atoms with Crippen molar-refractivity contribution < 1.29 is 27.5 Å². The van der Waals surface area contributed by atoms with Crippen LogP contribution in [0.4, 0.5) is 4.39 Å². The van der Waals surface area contributed by atoms with E-state index in [1.165, 1.54) is 14.2 Å². The molecule has 182 valence electrons. The van der Waals surface area contributed by atoms with Gasteiger partial charge in [-0.15, -0.1) is 0 Å². The molecule has 0 aromatic heterocycles. The normalized spacial score (nSPS) is 12.7. The molecule has 0 fully saturated rings. The maximum absolute atomic E-state index is 15.5. The average molecular weight is 485 g/mol. The lowest BCUT2D eigenvalue weighted by Gasteiger charge is -2.36. The standard InChI is InChI=1S/C24H41FO5Si2/c1-14(2)23(6,7)31(12)29-19-16(5)17(22(26)28-11)18(25)20(27-10)21(19)30-32(13)24(8,9)15(3)4/h14-15H,1-13H3. The Morgan fingerprint density at radius 3 is 1.59 bits per heavy atom. The van der Waals surface area contributed by atoms with Crippen LogP contribution < -0.4 is 13.6 Å². The van der Waals surface area contributed by atoms with Gasteiger partial charge >= 0.3 is 5.97 Å². The second-order valence-corrected chi connectivity index (χ2v) is 15.3. The lowest BCUT2D eigenvalue weighted by atomic mass is 9.99. The second-order valence-electron chi connectivity index (χ2n) is 10.1. The number of hydrogen-bond donors (Lipinski definition) is 0. The van der Waals surface area contributed by atoms with Crippen LogP contribution in [0.3, 0.4) is 0 Å². The minimum Gasteiger partial charge on any atom is -0.539 e. The first kappa shape index (κ1) is 28.5. The van der Waals surface area contributed by atoms with E-state index in [9.17, 15) is 4.79 Å². The van der Waals surface area contributed by atoms with Gasteiger partial charge in [-0.05, 0) is 41.9 Å². The summed E-state index contributed by atoms with van der Waals surface area (Å²) in [6, 6.07) is 0. The molecule has 8 heteroatoms. The number of esters is 1. The van der Waals surface area contributed by atoms with Gasteiger partial charge in [0.2, 0.25) is 0 Å². The van der Waals surface area contributed by atoms with Crippen molar-refractivity contribution in [2.45, 2.75) is 85.5 Å². The zero-order valence-corrected chi connectivity index (χ0v) is 24.1. The lowest BCUT2D eigenvalue weighted by molar-refractivity contribution is 0.0593. The molecule has 0 unspecified atom stereocenters. The van der Waals surface area contributed by atoms with Gasteiger partial charge in [0, 0.05) is 5.56 Å². The highest BCUT2D eigenvalue weighted by Gasteiger charge is 2.40. The monoisotopic (exact) mass is 484 g/mol. The van der Waals surface area contributed by atoms with Crippen LogP contribution in [0.1, 0.15) is 71.3 Å². The smallest absolute Gasteiger partial charge is 0.341 e. The Morgan fingerprint density at radius 1 is 0.844 bits per heavy atom. The molecule has 0 atom stereocenters. The highest BCUT2D eigenvalue weighted by molar-refractivity contribution is 6.55. The third kappa shape index (κ3) is 5.50. The van der Waals surface area contributed by atoms with Crippen molar-refractivity contribution in [3.63, 3.8) is 0 Å². The minimum absolute atomic E-state index is 0.0847. The van der Waals surface area contributed by atoms with Crippen molar-refractivity contribution in [3.8, 4) is 17.2 Å². The first-order valence-corrected chi connectivity index (χ1v) is 14.9. The average Bonchev–Trinajstić information content (AvgIpc) is 2.70. The van der Waals surface area contributed by atoms with Gasteiger partial charge in [-0.2, -0.15) is 0 Å². The van der Waals surface area contributed by atoms with Crippen molar-refractivity contribution in [2.75, 3.05) is 14.2 Å². The molecule has 0 aliphatic heterocycles. The van der Waals surface area contributed by atoms with Gasteiger partial charge in [0.1, 0.15) is 5.56 Å². The van der Waals surface area contributed by atoms with Crippen molar-refractivity contribution in [3.05, 3.63) is 16.9 Å². The molecule has 0 aliphatic carbocycles. The third-order valence-corrected chi connectivity index (χ3v) is 13.2. The Hall–Kier alpha value is -1.55. The van der Waals surface area contributed by atoms with E-state index in [2.05, 4.69) is 68.5 Å². The molecular formula is C24H41FO5Si2. The Morgan fingerprint density at radius 2 is 1.25 bits per heavy atom. The number of benzene rings is 1. The summed E-state index contributed by atoms with van der Waals surface area (Å²) in [6.45, 7) is 23.1. The number of carbonyl (C=O) groups excluding carboxylic acids is 1. The summed E-state index contributed by atoms with van der Waals surface area (Å²) in [5, 5.41) is -0.186. The van der Waals surface area contributed by atoms with E-state index in [0.29, 0.717) is 23.1 Å². The quantitative estimate of drug-likeness (QED) is 0.270. The second kappa shape index (κ2) is 10.6. The van der Waals surface area contributed by atoms with E-state index in [1.807, 2.05) is 0 Å². The molecule has 1 aromatic carbocycles. The topological polar surface area (TPSA) is 54.0 Å². The predicted octanol–water partition coefficient (Wildman–Crippen LogP) is 6.80. The molecule has 0 heterocycles. The van der Waals surface area contributed by atoms with Crippen LogP contribution >= 0.6 is 0 Å². The zero-order chi connectivity index (χ0) is 25.2. The van der Waals surface area contributed by atoms with Gasteiger partial charge in [-0.3, -0.25) is 0 Å². The van der Waals surface area contributed by atoms with Gasteiger partial charge in [0.25, 0.3) is 18.1 Å². The molecule has 1 rings (SSSR count). The van der Waals surface area contributed by atoms with E-state index in [0.717, 1.165) is 0 Å². The fourth-order valence-corrected chi connectivity index (χ4v) is 6.09. The third-order valence-electron chi connectivity index (χ3n) is 7.35. The number of methoxy groups -OCH3 is 2. The molecule has 0 saturated heterocycles. The minimum atomic E-state index is -1.46. The molecule has 1 aromatic rings. The molecular weight excluding hydrogens is 443 g/mol. The summed E-state index contributed by atoms with van der Waals surface area (Å²) in [6.07, 6.45) is 0. The van der Waals surface area contributed by atoms with Crippen molar-refractivity contribution >= 4 is 24.0 Å². The molecule has 2 radical (unpaired) electrons. The fraction of sp³-hybridized carbons (Fsp3) is 0.708. The molecule has 5 nitrogen and oxygen atoms in total. The SMILES string of the molecule is COC(=O)c1c(C)c(O[Si](C)C(C)(C)C(C)C)c(O[Si](C)C(C)(C)C(C)C)c(OC)c1F. The van der Waals surface area contributed by atoms with Crippen LogP contribution in [-0.2, 0) is 4.74 Å². The van der Waals surface area contributed by atoms with Gasteiger partial charge in [0.15, 0.2) is 23.1 Å². The van der Waals surface area contributed by atoms with E-state index < -0.39 is 29.9 Å². The van der Waals surface area contributed by atoms with E-state index in [-0.39, 0.29) is 27.1 Å². The summed E-state index contributed by atoms with van der Waals surface area (Å²) in [5.41, 5.74) is 0.183. The number of hydrogen-bond acceptors (Lipinski definition) is 5. The summed E-state index contributed by atoms with van der Waals surface area (Å²) in [7, 11) is -0.291. The number of halogens is 1. The predicted molar refractivity (Wildman–Crippen MR) is 131 cm³/mol. The molecule has 0 amide bonds. The highest BCUT2D eigenvalue weighted by Crippen LogP contribution is 2.49. The van der Waals surface area contributed by atoms with Gasteiger partial charge in [-0.1, -0.05) is 55.4 Å². The molecule has 0 bridgehead atoms. The van der Waals surface area contributed by atoms with Crippen LogP contribution in [0.15, 0.2) is 0 Å². The number of ether oxygens (including phenoxy) is 2. The number of rotatable bonds is 10. The van der Waals surface area contributed by atoms with Crippen molar-refractivity contribution in [1.82, 2.24) is 0 Å². The maximum atomic E-state index is 15.5. The van der Waals surface area contributed by atoms with Crippen LogP contribution in [0.25, 0.3) is 0 Å². The van der Waals surface area contributed by atoms with Crippen LogP contribution in [0.2, 0.25) is 23.2 Å². The first-order chi connectivity index (χ1) is 14.5. The Labute approximate surface area is 197 Å². The summed E-state index contributed by atoms with van der Waals surface area (Å²) in [4.78, 5) is 12.4. The van der Waals surface area contributed by atoms with Crippen LogP contribution in [0.5, 0.6) is 17.2 Å². The van der Waals surface area contributed by atoms with Gasteiger partial charge in [0.05, 0.1) is 14.2 Å². The fourth-order valence-electron chi connectivity index (χ4n) is 2.89. The van der Waals surface area contributed by atoms with Crippen LogP contribution in [0, 0.1) is 24.6 Å². The van der Waals surface area contributed by atoms with Crippen molar-refractivity contribution in [1.29, 1.82) is 0 Å². The lowest BCUT2D eigenvalue weighted by Crippen LogP contribution is -2.37. The Balaban J connectivity index is 3.80. The summed E-state index contributed by atoms with van der Waals surface area (Å²) in [5.74, 6) is -0.327. The first-order valence-electron chi connectivity index (χ1n) is 11.1. The molecule has 0 aliphatic rings. The Kier molecular flexibility index (Phi) is 9.43. The molecule has 0 N–H and O–H groups in total. The molecule has 0 saturated carbocycles. The van der Waals surface area contributed by atoms with Crippen LogP contribution in [-0.4, -0.2) is 38.3 Å². The van der Waals surface area contributed by atoms with Gasteiger partial charge in [-0.25, -0.2) is 9.18 Å². The summed E-state index contributed by atoms with van der Waals surface area (Å²) < 4.78 is 38.8. The molecule has 32 heavy (non-hydrogen) atoms. The zero-order valence-electron chi connectivity index (χ0n) is 22.1. The van der Waals surface area contributed by atoms with E-state index >= 15 is 4.39 Å². The van der Waals surface area contributed by atoms with Crippen molar-refractivity contribution in [2.24, 2.45) is 11.8 Å². The van der Waals surface area contributed by atoms with E-state index in [4.69, 9.17) is 18.3 Å². The Bertz CT molecular complexity index is 821. The van der Waals surface area contributed by atoms with Gasteiger partial charge < -0.3 is 18.3 Å².